The third-order valence-corrected chi connectivity index (χ3v) is 4.86. The molecule has 0 aliphatic carbocycles. The Hall–Kier alpha value is -2.08. The van der Waals surface area contributed by atoms with Gasteiger partial charge in [0.1, 0.15) is 0 Å². The smallest absolute Gasteiger partial charge is 0.241 e. The number of aliphatic imine (C=N–C) groups is 1. The van der Waals surface area contributed by atoms with Crippen molar-refractivity contribution in [2.75, 3.05) is 33.7 Å². The van der Waals surface area contributed by atoms with E-state index in [2.05, 4.69) is 48.4 Å². The van der Waals surface area contributed by atoms with Crippen LogP contribution >= 0.6 is 0 Å². The number of hydrogen-bond acceptors (Lipinski definition) is 3. The Bertz CT molecular complexity index is 599. The Morgan fingerprint density at radius 3 is 2.54 bits per heavy atom. The lowest BCUT2D eigenvalue weighted by molar-refractivity contribution is -0.127. The van der Waals surface area contributed by atoms with Crippen molar-refractivity contribution in [1.82, 2.24) is 20.4 Å². The maximum Gasteiger partial charge on any atom is 0.241 e. The second kappa shape index (κ2) is 9.57. The molecule has 1 aromatic rings. The zero-order valence-corrected chi connectivity index (χ0v) is 16.7. The molecule has 0 spiro atoms. The number of carbonyl (C=O) groups is 1. The van der Waals surface area contributed by atoms with Crippen molar-refractivity contribution in [2.45, 2.75) is 39.4 Å². The van der Waals surface area contributed by atoms with E-state index in [9.17, 15) is 4.79 Å². The Morgan fingerprint density at radius 2 is 1.96 bits per heavy atom. The maximum atomic E-state index is 11.9. The molecule has 1 aliphatic heterocycles. The minimum absolute atomic E-state index is 0.0301. The predicted octanol–water partition coefficient (Wildman–Crippen LogP) is 1.54. The number of rotatable bonds is 6. The number of nitrogens with one attached hydrogen (secondary N) is 2. The molecule has 6 heteroatoms. The average Bonchev–Trinajstić information content (AvgIpc) is 2.98. The third-order valence-electron chi connectivity index (χ3n) is 4.86. The van der Waals surface area contributed by atoms with Crippen LogP contribution in [0.2, 0.25) is 0 Å². The molecule has 1 amide bonds. The standard InChI is InChI=1S/C20H33N5O/c1-15(2)25-13-16(3)18(14-25)23-20(22-12-19(26)24(4)5)21-11-17-9-7-6-8-10-17/h6-10,15-16,18H,11-14H2,1-5H3,(H2,21,22,23). The van der Waals surface area contributed by atoms with Gasteiger partial charge in [0.05, 0.1) is 13.1 Å². The fraction of sp³-hybridized carbons (Fsp3) is 0.600. The molecule has 1 aliphatic rings. The average molecular weight is 360 g/mol. The maximum absolute atomic E-state index is 11.9. The quantitative estimate of drug-likeness (QED) is 0.597. The van der Waals surface area contributed by atoms with Gasteiger partial charge in [0.15, 0.2) is 5.96 Å². The van der Waals surface area contributed by atoms with Crippen LogP contribution in [0.1, 0.15) is 26.3 Å². The highest BCUT2D eigenvalue weighted by Gasteiger charge is 2.31. The van der Waals surface area contributed by atoms with Crippen molar-refractivity contribution >= 4 is 11.9 Å². The minimum atomic E-state index is 0.0301. The Balaban J connectivity index is 2.03. The molecule has 0 bridgehead atoms. The third kappa shape index (κ3) is 6.02. The number of guanidine groups is 1. The molecule has 2 atom stereocenters. The van der Waals surface area contributed by atoms with Gasteiger partial charge in [0, 0.05) is 39.3 Å². The first-order valence-electron chi connectivity index (χ1n) is 9.39. The van der Waals surface area contributed by atoms with Crippen LogP contribution in [0.4, 0.5) is 0 Å². The zero-order chi connectivity index (χ0) is 19.1. The van der Waals surface area contributed by atoms with E-state index < -0.39 is 0 Å². The summed E-state index contributed by atoms with van der Waals surface area (Å²) >= 11 is 0. The van der Waals surface area contributed by atoms with Gasteiger partial charge >= 0.3 is 0 Å². The summed E-state index contributed by atoms with van der Waals surface area (Å²) in [7, 11) is 3.52. The molecule has 2 rings (SSSR count). The van der Waals surface area contributed by atoms with E-state index >= 15 is 0 Å². The molecule has 0 aromatic heterocycles. The number of benzene rings is 1. The van der Waals surface area contributed by atoms with Crippen LogP contribution in [0, 0.1) is 5.92 Å². The van der Waals surface area contributed by atoms with E-state index in [1.807, 2.05) is 18.2 Å². The number of likely N-dealkylation sites (tertiary alicyclic amines) is 1. The van der Waals surface area contributed by atoms with Gasteiger partial charge in [-0.3, -0.25) is 9.69 Å². The number of amides is 1. The highest BCUT2D eigenvalue weighted by molar-refractivity contribution is 5.86. The number of hydrogen-bond donors (Lipinski definition) is 2. The first-order chi connectivity index (χ1) is 12.4. The summed E-state index contributed by atoms with van der Waals surface area (Å²) in [6.07, 6.45) is 0. The van der Waals surface area contributed by atoms with Crippen molar-refractivity contribution in [3.63, 3.8) is 0 Å². The molecule has 6 nitrogen and oxygen atoms in total. The molecule has 1 heterocycles. The molecule has 0 radical (unpaired) electrons. The monoisotopic (exact) mass is 359 g/mol. The van der Waals surface area contributed by atoms with Crippen molar-refractivity contribution in [1.29, 1.82) is 0 Å². The fourth-order valence-electron chi connectivity index (χ4n) is 3.01. The van der Waals surface area contributed by atoms with E-state index in [0.717, 1.165) is 18.7 Å². The van der Waals surface area contributed by atoms with Crippen molar-refractivity contribution in [2.24, 2.45) is 10.9 Å². The van der Waals surface area contributed by atoms with Gasteiger partial charge < -0.3 is 15.5 Å². The lowest BCUT2D eigenvalue weighted by Crippen LogP contribution is -2.49. The van der Waals surface area contributed by atoms with Gasteiger partial charge in [0.25, 0.3) is 0 Å². The molecule has 2 N–H and O–H groups in total. The molecule has 1 fully saturated rings. The lowest BCUT2D eigenvalue weighted by Gasteiger charge is -2.22. The van der Waals surface area contributed by atoms with Gasteiger partial charge in [0.2, 0.25) is 5.91 Å². The van der Waals surface area contributed by atoms with Gasteiger partial charge in [-0.05, 0) is 25.3 Å². The van der Waals surface area contributed by atoms with E-state index in [0.29, 0.717) is 30.5 Å². The van der Waals surface area contributed by atoms with E-state index in [1.165, 1.54) is 0 Å². The summed E-state index contributed by atoms with van der Waals surface area (Å²) in [5, 5.41) is 6.73. The molecule has 1 aromatic carbocycles. The van der Waals surface area contributed by atoms with Gasteiger partial charge in [-0.1, -0.05) is 37.3 Å². The normalized spacial score (nSPS) is 21.1. The van der Waals surface area contributed by atoms with Crippen LogP contribution < -0.4 is 10.6 Å². The molecular weight excluding hydrogens is 326 g/mol. The van der Waals surface area contributed by atoms with Crippen LogP contribution in [0.3, 0.4) is 0 Å². The highest BCUT2D eigenvalue weighted by atomic mass is 16.2. The van der Waals surface area contributed by atoms with Gasteiger partial charge in [-0.2, -0.15) is 0 Å². The largest absolute Gasteiger partial charge is 0.352 e. The summed E-state index contributed by atoms with van der Waals surface area (Å²) < 4.78 is 0. The van der Waals surface area contributed by atoms with E-state index in [-0.39, 0.29) is 12.5 Å². The molecule has 144 valence electrons. The van der Waals surface area contributed by atoms with E-state index in [4.69, 9.17) is 4.99 Å². The van der Waals surface area contributed by atoms with Crippen LogP contribution in [0.25, 0.3) is 0 Å². The fourth-order valence-corrected chi connectivity index (χ4v) is 3.01. The van der Waals surface area contributed by atoms with Crippen molar-refractivity contribution in [3.8, 4) is 0 Å². The van der Waals surface area contributed by atoms with Crippen molar-refractivity contribution < 1.29 is 4.79 Å². The molecule has 1 saturated heterocycles. The second-order valence-electron chi connectivity index (χ2n) is 7.57. The Morgan fingerprint density at radius 1 is 1.27 bits per heavy atom. The first kappa shape index (κ1) is 20.2. The summed E-state index contributed by atoms with van der Waals surface area (Å²) in [6.45, 7) is 9.62. The summed E-state index contributed by atoms with van der Waals surface area (Å²) in [4.78, 5) is 20.7. The number of likely N-dealkylation sites (N-methyl/N-ethyl adjacent to an activating group) is 1. The molecular formula is C20H33N5O. The van der Waals surface area contributed by atoms with Crippen molar-refractivity contribution in [3.05, 3.63) is 35.9 Å². The predicted molar refractivity (Wildman–Crippen MR) is 107 cm³/mol. The van der Waals surface area contributed by atoms with Gasteiger partial charge in [-0.15, -0.1) is 0 Å². The highest BCUT2D eigenvalue weighted by Crippen LogP contribution is 2.18. The summed E-state index contributed by atoms with van der Waals surface area (Å²) in [6, 6.07) is 11.0. The molecule has 26 heavy (non-hydrogen) atoms. The Labute approximate surface area is 157 Å². The number of nitrogens with zero attached hydrogens (tertiary/aromatic N) is 3. The SMILES string of the molecule is CC1CN(C(C)C)CC1NC(=NCc1ccccc1)NCC(=O)N(C)C. The summed E-state index contributed by atoms with van der Waals surface area (Å²) in [5.41, 5.74) is 1.15. The molecule has 2 unspecified atom stereocenters. The summed E-state index contributed by atoms with van der Waals surface area (Å²) in [5.74, 6) is 1.26. The molecule has 0 saturated carbocycles. The van der Waals surface area contributed by atoms with Crippen LogP contribution in [-0.4, -0.2) is 67.5 Å². The van der Waals surface area contributed by atoms with E-state index in [1.54, 1.807) is 19.0 Å². The van der Waals surface area contributed by atoms with Crippen LogP contribution in [0.15, 0.2) is 35.3 Å². The Kier molecular flexibility index (Phi) is 7.45. The van der Waals surface area contributed by atoms with Crippen LogP contribution in [0.5, 0.6) is 0 Å². The van der Waals surface area contributed by atoms with Crippen LogP contribution in [-0.2, 0) is 11.3 Å². The minimum Gasteiger partial charge on any atom is -0.352 e. The first-order valence-corrected chi connectivity index (χ1v) is 9.39. The second-order valence-corrected chi connectivity index (χ2v) is 7.57. The lowest BCUT2D eigenvalue weighted by atomic mass is 10.1. The number of carbonyl (C=O) groups excluding carboxylic acids is 1. The topological polar surface area (TPSA) is 60.0 Å². The zero-order valence-electron chi connectivity index (χ0n) is 16.7. The van der Waals surface area contributed by atoms with Gasteiger partial charge in [-0.25, -0.2) is 4.99 Å².